The van der Waals surface area contributed by atoms with Crippen molar-refractivity contribution in [2.75, 3.05) is 12.3 Å². The minimum absolute atomic E-state index is 0.00854. The first-order chi connectivity index (χ1) is 6.78. The summed E-state index contributed by atoms with van der Waals surface area (Å²) < 4.78 is 26.0. The predicted octanol–water partition coefficient (Wildman–Crippen LogP) is -0.0711. The van der Waals surface area contributed by atoms with Crippen LogP contribution < -0.4 is 11.1 Å². The third-order valence-electron chi connectivity index (χ3n) is 1.39. The number of hydrogen-bond acceptors (Lipinski definition) is 4. The lowest BCUT2D eigenvalue weighted by atomic mass is 10.3. The van der Waals surface area contributed by atoms with Gasteiger partial charge in [-0.05, 0) is 6.92 Å². The lowest BCUT2D eigenvalue weighted by molar-refractivity contribution is -0.142. The molecule has 0 heterocycles. The predicted molar refractivity (Wildman–Crippen MR) is 55.5 cm³/mol. The molecule has 0 unspecified atom stereocenters. The highest BCUT2D eigenvalue weighted by atomic mass is 32.1. The Bertz CT molecular complexity index is 257. The van der Waals surface area contributed by atoms with E-state index in [9.17, 15) is 13.6 Å². The Labute approximate surface area is 91.2 Å². The van der Waals surface area contributed by atoms with E-state index in [0.29, 0.717) is 0 Å². The van der Waals surface area contributed by atoms with Gasteiger partial charge in [0.15, 0.2) is 0 Å². The number of aliphatic carboxylic acids is 1. The molecule has 88 valence electrons. The smallest absolute Gasteiger partial charge is 0.322 e. The van der Waals surface area contributed by atoms with E-state index >= 15 is 0 Å². The average molecular weight is 241 g/mol. The molecule has 0 aliphatic carbocycles. The summed E-state index contributed by atoms with van der Waals surface area (Å²) in [6.07, 6.45) is 0. The van der Waals surface area contributed by atoms with Crippen LogP contribution in [0.1, 0.15) is 6.92 Å². The van der Waals surface area contributed by atoms with E-state index in [-0.39, 0.29) is 11.6 Å². The zero-order valence-electron chi connectivity index (χ0n) is 8.07. The highest BCUT2D eigenvalue weighted by molar-refractivity contribution is 7.80. The van der Waals surface area contributed by atoms with Crippen molar-refractivity contribution in [2.24, 2.45) is 10.7 Å². The molecule has 0 amide bonds. The number of thiol groups is 1. The maximum Gasteiger partial charge on any atom is 0.322 e. The first-order valence-electron chi connectivity index (χ1n) is 4.04. The van der Waals surface area contributed by atoms with Crippen LogP contribution in [0.3, 0.4) is 0 Å². The van der Waals surface area contributed by atoms with Gasteiger partial charge >= 0.3 is 12.0 Å². The number of nitrogens with one attached hydrogen (secondary N) is 1. The second kappa shape index (κ2) is 5.86. The van der Waals surface area contributed by atoms with Gasteiger partial charge in [-0.2, -0.15) is 21.4 Å². The van der Waals surface area contributed by atoms with E-state index in [0.717, 1.165) is 0 Å². The van der Waals surface area contributed by atoms with Crippen molar-refractivity contribution in [1.29, 1.82) is 0 Å². The van der Waals surface area contributed by atoms with Crippen LogP contribution in [0, 0.1) is 0 Å². The van der Waals surface area contributed by atoms with Crippen LogP contribution in [0.15, 0.2) is 4.99 Å². The van der Waals surface area contributed by atoms with Crippen LogP contribution >= 0.6 is 12.6 Å². The fraction of sp³-hybridized carbons (Fsp3) is 0.714. The molecule has 0 aromatic heterocycles. The Kier molecular flexibility index (Phi) is 5.51. The minimum Gasteiger partial charge on any atom is -0.480 e. The van der Waals surface area contributed by atoms with Crippen molar-refractivity contribution < 1.29 is 18.7 Å². The summed E-state index contributed by atoms with van der Waals surface area (Å²) in [7, 11) is 0. The molecule has 0 aliphatic rings. The van der Waals surface area contributed by atoms with Gasteiger partial charge in [0.05, 0.1) is 5.84 Å². The molecule has 8 heteroatoms. The van der Waals surface area contributed by atoms with Crippen LogP contribution in [0.5, 0.6) is 0 Å². The zero-order valence-corrected chi connectivity index (χ0v) is 8.97. The molecule has 0 saturated carbocycles. The van der Waals surface area contributed by atoms with Crippen LogP contribution in [-0.4, -0.2) is 41.3 Å². The number of halogens is 2. The number of nitrogens with zero attached hydrogens (tertiary/aromatic N) is 1. The molecule has 4 N–H and O–H groups in total. The number of aliphatic imine (C=N–C) groups is 1. The molecule has 0 radical (unpaired) electrons. The van der Waals surface area contributed by atoms with E-state index in [1.54, 1.807) is 5.32 Å². The van der Waals surface area contributed by atoms with Gasteiger partial charge in [0.2, 0.25) is 0 Å². The maximum atomic E-state index is 13.0. The first-order valence-corrected chi connectivity index (χ1v) is 4.67. The largest absolute Gasteiger partial charge is 0.480 e. The number of nitrogens with two attached hydrogens (primary N) is 1. The fourth-order valence-electron chi connectivity index (χ4n) is 0.710. The Morgan fingerprint density at radius 2 is 2.27 bits per heavy atom. The molecule has 0 spiro atoms. The molecule has 0 aliphatic heterocycles. The molecule has 5 nitrogen and oxygen atoms in total. The molecule has 0 aromatic rings. The molecule has 0 rings (SSSR count). The van der Waals surface area contributed by atoms with Gasteiger partial charge < -0.3 is 10.8 Å². The van der Waals surface area contributed by atoms with Crippen molar-refractivity contribution in [3.63, 3.8) is 0 Å². The number of carboxylic acids is 1. The van der Waals surface area contributed by atoms with Crippen LogP contribution in [0.25, 0.3) is 0 Å². The molecule has 0 bridgehead atoms. The number of alkyl halides is 2. The highest BCUT2D eigenvalue weighted by Gasteiger charge is 2.33. The normalized spacial score (nSPS) is 15.1. The van der Waals surface area contributed by atoms with E-state index in [1.807, 2.05) is 0 Å². The van der Waals surface area contributed by atoms with Gasteiger partial charge in [0, 0.05) is 5.75 Å². The number of amidine groups is 1. The summed E-state index contributed by atoms with van der Waals surface area (Å²) in [6.45, 7) is 0.469. The first kappa shape index (κ1) is 14.1. The van der Waals surface area contributed by atoms with Crippen molar-refractivity contribution >= 4 is 24.4 Å². The lowest BCUT2D eigenvalue weighted by Gasteiger charge is -2.20. The second-order valence-electron chi connectivity index (χ2n) is 2.88. The van der Waals surface area contributed by atoms with Gasteiger partial charge in [-0.3, -0.25) is 9.79 Å². The zero-order chi connectivity index (χ0) is 12.1. The SMILES string of the molecule is CC(N)=NCC(F)(F)N[C@@H](CS)C(=O)O. The summed E-state index contributed by atoms with van der Waals surface area (Å²) in [5.74, 6) is -1.62. The summed E-state index contributed by atoms with van der Waals surface area (Å²) in [5, 5.41) is 10.1. The summed E-state index contributed by atoms with van der Waals surface area (Å²) >= 11 is 3.64. The third kappa shape index (κ3) is 6.24. The number of carboxylic acid groups (broad SMARTS) is 1. The molecular formula is C7H13F2N3O2S. The fourth-order valence-corrected chi connectivity index (χ4v) is 0.957. The minimum atomic E-state index is -3.41. The van der Waals surface area contributed by atoms with Crippen molar-refractivity contribution in [3.05, 3.63) is 0 Å². The number of carbonyl (C=O) groups is 1. The highest BCUT2D eigenvalue weighted by Crippen LogP contribution is 2.11. The van der Waals surface area contributed by atoms with Crippen LogP contribution in [0.2, 0.25) is 0 Å². The quantitative estimate of drug-likeness (QED) is 0.227. The summed E-state index contributed by atoms with van der Waals surface area (Å²) in [5.41, 5.74) is 5.08. The molecule has 15 heavy (non-hydrogen) atoms. The van der Waals surface area contributed by atoms with Crippen molar-refractivity contribution in [1.82, 2.24) is 5.32 Å². The third-order valence-corrected chi connectivity index (χ3v) is 1.76. The standard InChI is InChI=1S/C7H13F2N3O2S/c1-4(10)11-3-7(8,9)12-5(2-15)6(13)14/h5,12,15H,2-3H2,1H3,(H2,10,11)(H,13,14)/t5-/m0/s1. The van der Waals surface area contributed by atoms with Gasteiger partial charge in [-0.15, -0.1) is 0 Å². The van der Waals surface area contributed by atoms with Crippen LogP contribution in [0.4, 0.5) is 8.78 Å². The number of hydrogen-bond donors (Lipinski definition) is 4. The number of rotatable bonds is 6. The lowest BCUT2D eigenvalue weighted by Crippen LogP contribution is -2.50. The maximum absolute atomic E-state index is 13.0. The topological polar surface area (TPSA) is 87.7 Å². The van der Waals surface area contributed by atoms with E-state index in [2.05, 4.69) is 17.6 Å². The summed E-state index contributed by atoms with van der Waals surface area (Å²) in [4.78, 5) is 13.7. The van der Waals surface area contributed by atoms with Gasteiger partial charge in [-0.25, -0.2) is 5.32 Å². The van der Waals surface area contributed by atoms with Gasteiger partial charge in [-0.1, -0.05) is 0 Å². The Morgan fingerprint density at radius 3 is 2.60 bits per heavy atom. The molecule has 0 fully saturated rings. The van der Waals surface area contributed by atoms with Crippen molar-refractivity contribution in [3.8, 4) is 0 Å². The molecule has 0 saturated heterocycles. The average Bonchev–Trinajstić information content (AvgIpc) is 2.11. The summed E-state index contributed by atoms with van der Waals surface area (Å²) in [6, 6.07) is -4.83. The second-order valence-corrected chi connectivity index (χ2v) is 3.24. The van der Waals surface area contributed by atoms with Gasteiger partial charge in [0.1, 0.15) is 12.6 Å². The molecule has 0 aromatic carbocycles. The Morgan fingerprint density at radius 1 is 1.73 bits per heavy atom. The Balaban J connectivity index is 4.34. The Hall–Kier alpha value is -0.890. The van der Waals surface area contributed by atoms with E-state index in [1.165, 1.54) is 6.92 Å². The van der Waals surface area contributed by atoms with Crippen molar-refractivity contribution in [2.45, 2.75) is 19.0 Å². The monoisotopic (exact) mass is 241 g/mol. The van der Waals surface area contributed by atoms with Gasteiger partial charge in [0.25, 0.3) is 0 Å². The molecule has 1 atom stereocenters. The van der Waals surface area contributed by atoms with E-state index < -0.39 is 24.6 Å². The van der Waals surface area contributed by atoms with E-state index in [4.69, 9.17) is 10.8 Å². The molecular weight excluding hydrogens is 228 g/mol. The van der Waals surface area contributed by atoms with Crippen LogP contribution in [-0.2, 0) is 4.79 Å².